The van der Waals surface area contributed by atoms with Crippen LogP contribution >= 0.6 is 0 Å². The summed E-state index contributed by atoms with van der Waals surface area (Å²) in [6.45, 7) is 11.9. The van der Waals surface area contributed by atoms with Crippen LogP contribution in [0.5, 0.6) is 0 Å². The van der Waals surface area contributed by atoms with Gasteiger partial charge in [0.2, 0.25) is 0 Å². The first-order valence-corrected chi connectivity index (χ1v) is 12.7. The average Bonchev–Trinajstić information content (AvgIpc) is 2.64. The van der Waals surface area contributed by atoms with Crippen molar-refractivity contribution in [2.75, 3.05) is 0 Å². The van der Waals surface area contributed by atoms with Crippen LogP contribution in [0.3, 0.4) is 0 Å². The van der Waals surface area contributed by atoms with E-state index >= 15 is 0 Å². The van der Waals surface area contributed by atoms with Gasteiger partial charge >= 0.3 is 0 Å². The van der Waals surface area contributed by atoms with Gasteiger partial charge in [0.05, 0.1) is 0 Å². The Labute approximate surface area is 168 Å². The van der Waals surface area contributed by atoms with Gasteiger partial charge in [-0.2, -0.15) is 0 Å². The highest BCUT2D eigenvalue weighted by Crippen LogP contribution is 2.47. The summed E-state index contributed by atoms with van der Waals surface area (Å²) < 4.78 is 0. The molecule has 0 aliphatic carbocycles. The molecule has 0 fully saturated rings. The molecule has 0 aliphatic rings. The fourth-order valence-electron chi connectivity index (χ4n) is 5.22. The van der Waals surface area contributed by atoms with E-state index in [2.05, 4.69) is 34.6 Å². The molecule has 0 N–H and O–H groups in total. The summed E-state index contributed by atoms with van der Waals surface area (Å²) in [6, 6.07) is 0. The molecular weight excluding hydrogens is 312 g/mol. The first-order valence-electron chi connectivity index (χ1n) is 12.7. The summed E-state index contributed by atoms with van der Waals surface area (Å²) in [6.07, 6.45) is 27.5. The Balaban J connectivity index is 4.89. The van der Waals surface area contributed by atoms with E-state index in [1.165, 1.54) is 122 Å². The highest BCUT2D eigenvalue weighted by molar-refractivity contribution is 4.86. The first-order chi connectivity index (χ1) is 12.7. The van der Waals surface area contributed by atoms with Crippen molar-refractivity contribution in [1.82, 2.24) is 0 Å². The normalized spacial score (nSPS) is 13.3. The minimum atomic E-state index is 0.665. The minimum Gasteiger partial charge on any atom is -0.0654 e. The third kappa shape index (κ3) is 11.7. The number of unbranched alkanes of at least 4 members (excludes halogenated alkanes) is 9. The van der Waals surface area contributed by atoms with Gasteiger partial charge in [0.15, 0.2) is 0 Å². The molecule has 0 aromatic heterocycles. The van der Waals surface area contributed by atoms with E-state index in [0.717, 1.165) is 5.92 Å². The first kappa shape index (κ1) is 26.0. The summed E-state index contributed by atoms with van der Waals surface area (Å²) in [7, 11) is 0. The Hall–Kier alpha value is 0. The standard InChI is InChI=1S/C26H54/c1-6-11-14-15-16-17-21-25(20-9-4)26(22-10-5,23-18-12-7-2)24-19-13-8-3/h25H,6-24H2,1-5H3. The molecule has 0 aliphatic heterocycles. The molecule has 0 aromatic rings. The zero-order chi connectivity index (χ0) is 19.5. The fourth-order valence-corrected chi connectivity index (χ4v) is 5.22. The van der Waals surface area contributed by atoms with E-state index in [0.29, 0.717) is 5.41 Å². The zero-order valence-electron chi connectivity index (χ0n) is 19.5. The summed E-state index contributed by atoms with van der Waals surface area (Å²) in [4.78, 5) is 0. The van der Waals surface area contributed by atoms with Crippen LogP contribution in [-0.2, 0) is 0 Å². The molecule has 0 radical (unpaired) electrons. The van der Waals surface area contributed by atoms with Crippen molar-refractivity contribution in [3.8, 4) is 0 Å². The summed E-state index contributed by atoms with van der Waals surface area (Å²) in [5.41, 5.74) is 0.665. The fraction of sp³-hybridized carbons (Fsp3) is 1.00. The zero-order valence-corrected chi connectivity index (χ0v) is 19.5. The molecule has 1 atom stereocenters. The van der Waals surface area contributed by atoms with Crippen molar-refractivity contribution >= 4 is 0 Å². The second kappa shape index (κ2) is 18.4. The van der Waals surface area contributed by atoms with E-state index in [-0.39, 0.29) is 0 Å². The second-order valence-corrected chi connectivity index (χ2v) is 9.07. The molecule has 0 spiro atoms. The molecule has 158 valence electrons. The SMILES string of the molecule is CCCCCCCCC(CCC)C(CCC)(CCCCC)CCCCC. The molecular formula is C26H54. The maximum atomic E-state index is 2.43. The Morgan fingerprint density at radius 3 is 1.42 bits per heavy atom. The van der Waals surface area contributed by atoms with Crippen molar-refractivity contribution in [2.24, 2.45) is 11.3 Å². The predicted molar refractivity (Wildman–Crippen MR) is 122 cm³/mol. The van der Waals surface area contributed by atoms with Crippen molar-refractivity contribution in [1.29, 1.82) is 0 Å². The minimum absolute atomic E-state index is 0.665. The lowest BCUT2D eigenvalue weighted by molar-refractivity contribution is 0.0859. The highest BCUT2D eigenvalue weighted by Gasteiger charge is 2.35. The van der Waals surface area contributed by atoms with Gasteiger partial charge in [-0.25, -0.2) is 0 Å². The molecule has 0 heteroatoms. The predicted octanol–water partition coefficient (Wildman–Crippen LogP) is 10.1. The van der Waals surface area contributed by atoms with Gasteiger partial charge in [0.25, 0.3) is 0 Å². The Morgan fingerprint density at radius 1 is 0.423 bits per heavy atom. The largest absolute Gasteiger partial charge is 0.0654 e. The quantitative estimate of drug-likeness (QED) is 0.188. The maximum absolute atomic E-state index is 2.43. The van der Waals surface area contributed by atoms with Crippen LogP contribution in [0.1, 0.15) is 157 Å². The van der Waals surface area contributed by atoms with Crippen LogP contribution in [0.25, 0.3) is 0 Å². The Morgan fingerprint density at radius 2 is 0.923 bits per heavy atom. The summed E-state index contributed by atoms with van der Waals surface area (Å²) in [5.74, 6) is 0.993. The molecule has 0 saturated heterocycles. The van der Waals surface area contributed by atoms with Gasteiger partial charge in [-0.1, -0.05) is 131 Å². The molecule has 26 heavy (non-hydrogen) atoms. The van der Waals surface area contributed by atoms with E-state index in [1.807, 2.05) is 0 Å². The van der Waals surface area contributed by atoms with E-state index in [9.17, 15) is 0 Å². The highest BCUT2D eigenvalue weighted by atomic mass is 14.4. The molecule has 0 saturated carbocycles. The van der Waals surface area contributed by atoms with Crippen molar-refractivity contribution in [3.63, 3.8) is 0 Å². The van der Waals surface area contributed by atoms with Gasteiger partial charge in [-0.3, -0.25) is 0 Å². The lowest BCUT2D eigenvalue weighted by Crippen LogP contribution is -2.31. The smallest absolute Gasteiger partial charge is 0.0269 e. The van der Waals surface area contributed by atoms with Crippen LogP contribution < -0.4 is 0 Å². The maximum Gasteiger partial charge on any atom is -0.0269 e. The second-order valence-electron chi connectivity index (χ2n) is 9.07. The molecule has 0 rings (SSSR count). The summed E-state index contributed by atoms with van der Waals surface area (Å²) >= 11 is 0. The lowest BCUT2D eigenvalue weighted by atomic mass is 9.63. The average molecular weight is 367 g/mol. The molecule has 0 aromatic carbocycles. The van der Waals surface area contributed by atoms with Crippen LogP contribution in [0, 0.1) is 11.3 Å². The molecule has 0 bridgehead atoms. The number of hydrogen-bond acceptors (Lipinski definition) is 0. The van der Waals surface area contributed by atoms with Gasteiger partial charge in [-0.15, -0.1) is 0 Å². The van der Waals surface area contributed by atoms with Gasteiger partial charge < -0.3 is 0 Å². The van der Waals surface area contributed by atoms with Crippen LogP contribution in [0.15, 0.2) is 0 Å². The monoisotopic (exact) mass is 366 g/mol. The van der Waals surface area contributed by atoms with Gasteiger partial charge in [-0.05, 0) is 37.0 Å². The molecule has 0 heterocycles. The van der Waals surface area contributed by atoms with Gasteiger partial charge in [0, 0.05) is 0 Å². The van der Waals surface area contributed by atoms with Crippen molar-refractivity contribution in [3.05, 3.63) is 0 Å². The lowest BCUT2D eigenvalue weighted by Gasteiger charge is -2.42. The van der Waals surface area contributed by atoms with E-state index < -0.39 is 0 Å². The van der Waals surface area contributed by atoms with Gasteiger partial charge in [0.1, 0.15) is 0 Å². The Kier molecular flexibility index (Phi) is 18.4. The molecule has 0 nitrogen and oxygen atoms in total. The third-order valence-electron chi connectivity index (χ3n) is 6.71. The van der Waals surface area contributed by atoms with E-state index in [1.54, 1.807) is 0 Å². The number of rotatable bonds is 20. The van der Waals surface area contributed by atoms with Crippen LogP contribution in [0.4, 0.5) is 0 Å². The van der Waals surface area contributed by atoms with Crippen molar-refractivity contribution in [2.45, 2.75) is 157 Å². The topological polar surface area (TPSA) is 0 Å². The number of hydrogen-bond donors (Lipinski definition) is 0. The summed E-state index contributed by atoms with van der Waals surface area (Å²) in [5, 5.41) is 0. The van der Waals surface area contributed by atoms with Crippen molar-refractivity contribution < 1.29 is 0 Å². The van der Waals surface area contributed by atoms with Crippen LogP contribution in [-0.4, -0.2) is 0 Å². The molecule has 1 unspecified atom stereocenters. The van der Waals surface area contributed by atoms with Crippen LogP contribution in [0.2, 0.25) is 0 Å². The van der Waals surface area contributed by atoms with E-state index in [4.69, 9.17) is 0 Å². The molecule has 0 amide bonds. The Bertz CT molecular complexity index is 257. The third-order valence-corrected chi connectivity index (χ3v) is 6.71.